The zero-order valence-corrected chi connectivity index (χ0v) is 14.5. The Morgan fingerprint density at radius 3 is 3.12 bits per heavy atom. The Balaban J connectivity index is 1.70. The number of aliphatic imine (C=N–C) groups is 1. The number of hydrogen-bond acceptors (Lipinski definition) is 2. The van der Waals surface area contributed by atoms with Gasteiger partial charge in [0.15, 0.2) is 0 Å². The molecule has 3 unspecified atom stereocenters. The van der Waals surface area contributed by atoms with Crippen LogP contribution in [0.4, 0.5) is 0 Å². The molecule has 2 aliphatic carbocycles. The van der Waals surface area contributed by atoms with Crippen LogP contribution in [0.1, 0.15) is 56.7 Å². The predicted molar refractivity (Wildman–Crippen MR) is 100 cm³/mol. The molecule has 3 heterocycles. The quantitative estimate of drug-likeness (QED) is 0.757. The average Bonchev–Trinajstić information content (AvgIpc) is 2.96. The normalized spacial score (nSPS) is 34.0. The van der Waals surface area contributed by atoms with E-state index in [1.54, 1.807) is 0 Å². The van der Waals surface area contributed by atoms with Gasteiger partial charge in [-0.3, -0.25) is 4.99 Å². The van der Waals surface area contributed by atoms with Gasteiger partial charge in [-0.2, -0.15) is 0 Å². The second-order valence-electron chi connectivity index (χ2n) is 7.88. The van der Waals surface area contributed by atoms with E-state index < -0.39 is 0 Å². The summed E-state index contributed by atoms with van der Waals surface area (Å²) in [6.45, 7) is 5.86. The Labute approximate surface area is 143 Å². The summed E-state index contributed by atoms with van der Waals surface area (Å²) in [5.74, 6) is 0.560. The first-order chi connectivity index (χ1) is 11.7. The monoisotopic (exact) mass is 319 g/mol. The van der Waals surface area contributed by atoms with E-state index >= 15 is 0 Å². The largest absolute Gasteiger partial charge is 0.314 e. The lowest BCUT2D eigenvalue weighted by Gasteiger charge is -2.45. The molecule has 0 bridgehead atoms. The average molecular weight is 319 g/mol. The summed E-state index contributed by atoms with van der Waals surface area (Å²) in [7, 11) is 0. The standard InChI is InChI=1S/C21H25N3/c1-14-11-21(8-9-22-14)12-16-13-23-18-5-3-4-6-19(18)24-10-7-17(15(21)2)20(16)24/h4,6-7,10,12-15,22H,3,5,8-9,11H2,1-2H3. The molecule has 4 aliphatic rings. The van der Waals surface area contributed by atoms with Crippen molar-refractivity contribution in [2.24, 2.45) is 10.4 Å². The van der Waals surface area contributed by atoms with Gasteiger partial charge in [0.1, 0.15) is 0 Å². The van der Waals surface area contributed by atoms with Crippen LogP contribution in [-0.4, -0.2) is 23.4 Å². The molecule has 1 aromatic heterocycles. The van der Waals surface area contributed by atoms with Gasteiger partial charge in [-0.1, -0.05) is 19.1 Å². The van der Waals surface area contributed by atoms with Crippen LogP contribution in [0.3, 0.4) is 0 Å². The second kappa shape index (κ2) is 5.06. The van der Waals surface area contributed by atoms with Crippen molar-refractivity contribution in [2.75, 3.05) is 6.54 Å². The van der Waals surface area contributed by atoms with Gasteiger partial charge in [0.2, 0.25) is 0 Å². The first-order valence-electron chi connectivity index (χ1n) is 9.30. The van der Waals surface area contributed by atoms with Crippen molar-refractivity contribution in [1.29, 1.82) is 0 Å². The van der Waals surface area contributed by atoms with Crippen molar-refractivity contribution in [3.63, 3.8) is 0 Å². The number of rotatable bonds is 0. The fourth-order valence-electron chi connectivity index (χ4n) is 5.17. The van der Waals surface area contributed by atoms with Gasteiger partial charge < -0.3 is 9.88 Å². The van der Waals surface area contributed by atoms with Crippen LogP contribution >= 0.6 is 0 Å². The van der Waals surface area contributed by atoms with Crippen molar-refractivity contribution in [3.05, 3.63) is 47.4 Å². The van der Waals surface area contributed by atoms with Crippen molar-refractivity contribution in [3.8, 4) is 0 Å². The first kappa shape index (κ1) is 14.5. The number of fused-ring (bicyclic) bond motifs is 1. The lowest BCUT2D eigenvalue weighted by molar-refractivity contribution is 0.193. The second-order valence-corrected chi connectivity index (χ2v) is 7.88. The Bertz CT molecular complexity index is 820. The molecule has 0 saturated carbocycles. The molecule has 24 heavy (non-hydrogen) atoms. The van der Waals surface area contributed by atoms with Crippen LogP contribution in [-0.2, 0) is 0 Å². The number of piperidine rings is 1. The van der Waals surface area contributed by atoms with Gasteiger partial charge in [0.25, 0.3) is 0 Å². The third-order valence-corrected chi connectivity index (χ3v) is 6.47. The van der Waals surface area contributed by atoms with Crippen molar-refractivity contribution >= 4 is 17.5 Å². The number of hydrogen-bond donors (Lipinski definition) is 1. The highest BCUT2D eigenvalue weighted by molar-refractivity contribution is 6.12. The summed E-state index contributed by atoms with van der Waals surface area (Å²) < 4.78 is 2.38. The summed E-state index contributed by atoms with van der Waals surface area (Å²) >= 11 is 0. The molecule has 2 aliphatic heterocycles. The van der Waals surface area contributed by atoms with E-state index in [0.717, 1.165) is 19.4 Å². The molecule has 0 aromatic carbocycles. The van der Waals surface area contributed by atoms with Crippen LogP contribution in [0.15, 0.2) is 41.2 Å². The van der Waals surface area contributed by atoms with Gasteiger partial charge in [-0.15, -0.1) is 0 Å². The molecule has 0 amide bonds. The van der Waals surface area contributed by atoms with Gasteiger partial charge >= 0.3 is 0 Å². The van der Waals surface area contributed by atoms with E-state index in [-0.39, 0.29) is 5.41 Å². The van der Waals surface area contributed by atoms with E-state index in [0.29, 0.717) is 12.0 Å². The zero-order chi connectivity index (χ0) is 16.3. The predicted octanol–water partition coefficient (Wildman–Crippen LogP) is 4.35. The Kier molecular flexibility index (Phi) is 3.05. The fourth-order valence-corrected chi connectivity index (χ4v) is 5.17. The number of allylic oxidation sites excluding steroid dienone is 6. The minimum Gasteiger partial charge on any atom is -0.314 e. The van der Waals surface area contributed by atoms with Gasteiger partial charge in [0, 0.05) is 24.0 Å². The third kappa shape index (κ3) is 1.91. The molecule has 1 spiro atoms. The maximum Gasteiger partial charge on any atom is 0.0668 e. The molecule has 1 N–H and O–H groups in total. The molecular weight excluding hydrogens is 294 g/mol. The SMILES string of the molecule is CC1CC2(C=C3C=NC4=C(C=CCC4)n4ccc(c43)C2C)CCN1. The van der Waals surface area contributed by atoms with E-state index in [2.05, 4.69) is 60.4 Å². The zero-order valence-electron chi connectivity index (χ0n) is 14.5. The molecule has 1 fully saturated rings. The fraction of sp³-hybridized carbons (Fsp3) is 0.476. The molecule has 3 heteroatoms. The van der Waals surface area contributed by atoms with Crippen LogP contribution < -0.4 is 5.32 Å². The summed E-state index contributed by atoms with van der Waals surface area (Å²) in [6, 6.07) is 2.94. The van der Waals surface area contributed by atoms with Crippen molar-refractivity contribution in [1.82, 2.24) is 9.88 Å². The minimum atomic E-state index is 0.270. The summed E-state index contributed by atoms with van der Waals surface area (Å²) in [4.78, 5) is 4.88. The Morgan fingerprint density at radius 2 is 2.25 bits per heavy atom. The summed E-state index contributed by atoms with van der Waals surface area (Å²) in [6.07, 6.45) is 16.1. The number of aromatic nitrogens is 1. The van der Waals surface area contributed by atoms with Gasteiger partial charge in [-0.05, 0) is 68.2 Å². The van der Waals surface area contributed by atoms with Crippen molar-refractivity contribution in [2.45, 2.75) is 51.5 Å². The highest BCUT2D eigenvalue weighted by Crippen LogP contribution is 2.52. The molecule has 0 radical (unpaired) electrons. The smallest absolute Gasteiger partial charge is 0.0668 e. The summed E-state index contributed by atoms with van der Waals surface area (Å²) in [5.41, 5.74) is 6.97. The molecule has 1 aromatic rings. The van der Waals surface area contributed by atoms with E-state index in [1.165, 1.54) is 41.1 Å². The molecular formula is C21H25N3. The Morgan fingerprint density at radius 1 is 1.33 bits per heavy atom. The molecule has 5 rings (SSSR count). The van der Waals surface area contributed by atoms with Crippen LogP contribution in [0.2, 0.25) is 0 Å². The van der Waals surface area contributed by atoms with E-state index in [4.69, 9.17) is 4.99 Å². The summed E-state index contributed by atoms with van der Waals surface area (Å²) in [5, 5.41) is 3.62. The molecule has 124 valence electrons. The van der Waals surface area contributed by atoms with Crippen molar-refractivity contribution < 1.29 is 0 Å². The van der Waals surface area contributed by atoms with Gasteiger partial charge in [0.05, 0.1) is 17.1 Å². The van der Waals surface area contributed by atoms with E-state index in [1.807, 2.05) is 0 Å². The minimum absolute atomic E-state index is 0.270. The van der Waals surface area contributed by atoms with Crippen LogP contribution in [0, 0.1) is 5.41 Å². The topological polar surface area (TPSA) is 29.3 Å². The highest BCUT2D eigenvalue weighted by atomic mass is 15.0. The lowest BCUT2D eigenvalue weighted by Crippen LogP contribution is -2.45. The van der Waals surface area contributed by atoms with Gasteiger partial charge in [-0.25, -0.2) is 0 Å². The number of nitrogens with one attached hydrogen (secondary N) is 1. The maximum absolute atomic E-state index is 4.88. The highest BCUT2D eigenvalue weighted by Gasteiger charge is 2.43. The molecule has 3 atom stereocenters. The first-order valence-corrected chi connectivity index (χ1v) is 9.30. The molecule has 1 saturated heterocycles. The number of nitrogens with zero attached hydrogens (tertiary/aromatic N) is 2. The Hall–Kier alpha value is -1.87. The van der Waals surface area contributed by atoms with E-state index in [9.17, 15) is 0 Å². The molecule has 3 nitrogen and oxygen atoms in total. The third-order valence-electron chi connectivity index (χ3n) is 6.47. The maximum atomic E-state index is 4.88. The van der Waals surface area contributed by atoms with Crippen LogP contribution in [0.5, 0.6) is 0 Å². The lowest BCUT2D eigenvalue weighted by atomic mass is 9.62. The van der Waals surface area contributed by atoms with Crippen LogP contribution in [0.25, 0.3) is 11.3 Å².